The van der Waals surface area contributed by atoms with E-state index in [-0.39, 0.29) is 11.8 Å². The van der Waals surface area contributed by atoms with Gasteiger partial charge in [-0.3, -0.25) is 4.79 Å². The van der Waals surface area contributed by atoms with Crippen molar-refractivity contribution in [3.8, 4) is 0 Å². The molecule has 1 aromatic heterocycles. The highest BCUT2D eigenvalue weighted by molar-refractivity contribution is 5.72. The molecule has 13 heavy (non-hydrogen) atoms. The minimum absolute atomic E-state index is 0.107. The van der Waals surface area contributed by atoms with E-state index in [1.807, 2.05) is 13.8 Å². The Bertz CT molecular complexity index is 293. The third-order valence-corrected chi connectivity index (χ3v) is 1.46. The lowest BCUT2D eigenvalue weighted by Crippen LogP contribution is -2.19. The Hall–Kier alpha value is -1.39. The van der Waals surface area contributed by atoms with Crippen molar-refractivity contribution in [2.75, 3.05) is 0 Å². The second-order valence-corrected chi connectivity index (χ2v) is 3.10. The van der Waals surface area contributed by atoms with Gasteiger partial charge in [-0.25, -0.2) is 0 Å². The van der Waals surface area contributed by atoms with E-state index in [0.29, 0.717) is 18.3 Å². The lowest BCUT2D eigenvalue weighted by Gasteiger charge is -1.96. The summed E-state index contributed by atoms with van der Waals surface area (Å²) in [6.07, 6.45) is 0. The number of hydrogen-bond donors (Lipinski definition) is 1. The van der Waals surface area contributed by atoms with E-state index < -0.39 is 0 Å². The molecule has 0 bridgehead atoms. The minimum atomic E-state index is -0.107. The smallest absolute Gasteiger partial charge is 0.235 e. The molecule has 5 heteroatoms. The standard InChI is InChI=1S/C8H13N3O2/c1-5(2)8-11-10-7(13-8)4-9-6(3)12/h5H,4H2,1-3H3,(H,9,12). The van der Waals surface area contributed by atoms with E-state index in [1.165, 1.54) is 6.92 Å². The molecule has 0 aliphatic carbocycles. The fourth-order valence-electron chi connectivity index (χ4n) is 0.771. The molecule has 72 valence electrons. The summed E-state index contributed by atoms with van der Waals surface area (Å²) in [6, 6.07) is 0. The Kier molecular flexibility index (Phi) is 3.00. The van der Waals surface area contributed by atoms with Crippen LogP contribution in [0.1, 0.15) is 38.5 Å². The summed E-state index contributed by atoms with van der Waals surface area (Å²) in [5, 5.41) is 10.2. The van der Waals surface area contributed by atoms with E-state index in [1.54, 1.807) is 0 Å². The molecule has 1 amide bonds. The summed E-state index contributed by atoms with van der Waals surface area (Å²) in [5.41, 5.74) is 0. The summed E-state index contributed by atoms with van der Waals surface area (Å²) < 4.78 is 5.26. The van der Waals surface area contributed by atoms with Crippen molar-refractivity contribution in [1.29, 1.82) is 0 Å². The van der Waals surface area contributed by atoms with Gasteiger partial charge in [0, 0.05) is 12.8 Å². The quantitative estimate of drug-likeness (QED) is 0.753. The predicted molar refractivity (Wildman–Crippen MR) is 45.9 cm³/mol. The van der Waals surface area contributed by atoms with Crippen LogP contribution in [0.3, 0.4) is 0 Å². The zero-order valence-corrected chi connectivity index (χ0v) is 8.00. The van der Waals surface area contributed by atoms with E-state index in [4.69, 9.17) is 4.42 Å². The van der Waals surface area contributed by atoms with Crippen LogP contribution in [-0.2, 0) is 11.3 Å². The van der Waals surface area contributed by atoms with Crippen molar-refractivity contribution < 1.29 is 9.21 Å². The first kappa shape index (κ1) is 9.70. The van der Waals surface area contributed by atoms with Crippen LogP contribution in [0.5, 0.6) is 0 Å². The molecule has 5 nitrogen and oxygen atoms in total. The number of hydrogen-bond acceptors (Lipinski definition) is 4. The predicted octanol–water partition coefficient (Wildman–Crippen LogP) is 0.829. The highest BCUT2D eigenvalue weighted by Crippen LogP contribution is 2.11. The fourth-order valence-corrected chi connectivity index (χ4v) is 0.771. The van der Waals surface area contributed by atoms with Gasteiger partial charge in [0.2, 0.25) is 17.7 Å². The first-order valence-corrected chi connectivity index (χ1v) is 4.16. The summed E-state index contributed by atoms with van der Waals surface area (Å²) in [7, 11) is 0. The number of amides is 1. The maximum atomic E-state index is 10.6. The highest BCUT2D eigenvalue weighted by Gasteiger charge is 2.08. The molecule has 0 aliphatic rings. The SMILES string of the molecule is CC(=O)NCc1nnc(C(C)C)o1. The second-order valence-electron chi connectivity index (χ2n) is 3.10. The Labute approximate surface area is 76.5 Å². The number of nitrogens with zero attached hydrogens (tertiary/aromatic N) is 2. The molecular formula is C8H13N3O2. The van der Waals surface area contributed by atoms with Crippen LogP contribution in [0.25, 0.3) is 0 Å². The van der Waals surface area contributed by atoms with Crippen LogP contribution < -0.4 is 5.32 Å². The second kappa shape index (κ2) is 4.02. The molecule has 0 aromatic carbocycles. The van der Waals surface area contributed by atoms with Crippen LogP contribution >= 0.6 is 0 Å². The minimum Gasteiger partial charge on any atom is -0.423 e. The molecule has 0 fully saturated rings. The molecule has 1 aromatic rings. The maximum Gasteiger partial charge on any atom is 0.235 e. The number of carbonyl (C=O) groups is 1. The van der Waals surface area contributed by atoms with Crippen LogP contribution in [0, 0.1) is 0 Å². The van der Waals surface area contributed by atoms with Gasteiger partial charge < -0.3 is 9.73 Å². The summed E-state index contributed by atoms with van der Waals surface area (Å²) in [5.74, 6) is 1.15. The normalized spacial score (nSPS) is 10.5. The largest absolute Gasteiger partial charge is 0.423 e. The van der Waals surface area contributed by atoms with Gasteiger partial charge in [0.25, 0.3) is 0 Å². The summed E-state index contributed by atoms with van der Waals surface area (Å²) in [6.45, 7) is 5.68. The third kappa shape index (κ3) is 2.85. The topological polar surface area (TPSA) is 68.0 Å². The number of nitrogens with one attached hydrogen (secondary N) is 1. The molecule has 0 spiro atoms. The van der Waals surface area contributed by atoms with Gasteiger partial charge in [0.15, 0.2) is 0 Å². The maximum absolute atomic E-state index is 10.6. The highest BCUT2D eigenvalue weighted by atomic mass is 16.4. The first-order valence-electron chi connectivity index (χ1n) is 4.16. The molecule has 0 saturated heterocycles. The van der Waals surface area contributed by atoms with Crippen LogP contribution in [0.15, 0.2) is 4.42 Å². The van der Waals surface area contributed by atoms with Crippen LogP contribution in [-0.4, -0.2) is 16.1 Å². The summed E-state index contributed by atoms with van der Waals surface area (Å²) >= 11 is 0. The average molecular weight is 183 g/mol. The molecular weight excluding hydrogens is 170 g/mol. The first-order chi connectivity index (χ1) is 6.09. The zero-order chi connectivity index (χ0) is 9.84. The van der Waals surface area contributed by atoms with Gasteiger partial charge in [-0.15, -0.1) is 10.2 Å². The molecule has 0 unspecified atom stereocenters. The Morgan fingerprint density at radius 2 is 2.23 bits per heavy atom. The number of carbonyl (C=O) groups excluding carboxylic acids is 1. The van der Waals surface area contributed by atoms with Crippen molar-refractivity contribution in [3.63, 3.8) is 0 Å². The number of rotatable bonds is 3. The van der Waals surface area contributed by atoms with E-state index >= 15 is 0 Å². The fraction of sp³-hybridized carbons (Fsp3) is 0.625. The van der Waals surface area contributed by atoms with Crippen LogP contribution in [0.2, 0.25) is 0 Å². The van der Waals surface area contributed by atoms with Crippen LogP contribution in [0.4, 0.5) is 0 Å². The number of aromatic nitrogens is 2. The molecule has 0 atom stereocenters. The summed E-state index contributed by atoms with van der Waals surface area (Å²) in [4.78, 5) is 10.6. The van der Waals surface area contributed by atoms with Gasteiger partial charge in [-0.05, 0) is 0 Å². The average Bonchev–Trinajstić information content (AvgIpc) is 2.48. The molecule has 0 radical (unpaired) electrons. The zero-order valence-electron chi connectivity index (χ0n) is 8.00. The van der Waals surface area contributed by atoms with E-state index in [0.717, 1.165) is 0 Å². The Morgan fingerprint density at radius 1 is 1.54 bits per heavy atom. The van der Waals surface area contributed by atoms with Crippen molar-refractivity contribution in [1.82, 2.24) is 15.5 Å². The Morgan fingerprint density at radius 3 is 2.69 bits per heavy atom. The van der Waals surface area contributed by atoms with Crippen molar-refractivity contribution in [2.24, 2.45) is 0 Å². The van der Waals surface area contributed by atoms with Gasteiger partial charge in [0.05, 0.1) is 6.54 Å². The van der Waals surface area contributed by atoms with E-state index in [2.05, 4.69) is 15.5 Å². The van der Waals surface area contributed by atoms with E-state index in [9.17, 15) is 4.79 Å². The van der Waals surface area contributed by atoms with Gasteiger partial charge in [-0.1, -0.05) is 13.8 Å². The monoisotopic (exact) mass is 183 g/mol. The van der Waals surface area contributed by atoms with Gasteiger partial charge >= 0.3 is 0 Å². The van der Waals surface area contributed by atoms with Crippen molar-refractivity contribution in [2.45, 2.75) is 33.2 Å². The molecule has 0 saturated carbocycles. The lowest BCUT2D eigenvalue weighted by atomic mass is 10.2. The molecule has 1 N–H and O–H groups in total. The van der Waals surface area contributed by atoms with Gasteiger partial charge in [-0.2, -0.15) is 0 Å². The molecule has 1 rings (SSSR count). The van der Waals surface area contributed by atoms with Gasteiger partial charge in [0.1, 0.15) is 0 Å². The van der Waals surface area contributed by atoms with Crippen molar-refractivity contribution in [3.05, 3.63) is 11.8 Å². The lowest BCUT2D eigenvalue weighted by molar-refractivity contribution is -0.119. The van der Waals surface area contributed by atoms with Crippen molar-refractivity contribution >= 4 is 5.91 Å². The molecule has 0 aliphatic heterocycles. The Balaban J connectivity index is 2.54. The third-order valence-electron chi connectivity index (χ3n) is 1.46. The molecule has 1 heterocycles.